The average Bonchev–Trinajstić information content (AvgIpc) is 2.33. The predicted octanol–water partition coefficient (Wildman–Crippen LogP) is 2.76. The smallest absolute Gasteiger partial charge is 0.356 e. The fraction of sp³-hybridized carbons (Fsp3) is 0.500. The molecule has 1 N–H and O–H groups in total. The minimum absolute atomic E-state index is 0.0766. The number of carboxylic acid groups (broad SMARTS) is 1. The van der Waals surface area contributed by atoms with Gasteiger partial charge < -0.3 is 10.0 Å². The molecule has 2 unspecified atom stereocenters. The van der Waals surface area contributed by atoms with Crippen LogP contribution >= 0.6 is 23.4 Å². The first kappa shape index (κ1) is 13.5. The van der Waals surface area contributed by atoms with Crippen molar-refractivity contribution in [2.24, 2.45) is 0 Å². The average molecular weight is 287 g/mol. The van der Waals surface area contributed by atoms with Crippen molar-refractivity contribution in [3.8, 4) is 0 Å². The van der Waals surface area contributed by atoms with Gasteiger partial charge >= 0.3 is 5.97 Å². The first-order chi connectivity index (χ1) is 8.50. The van der Waals surface area contributed by atoms with Gasteiger partial charge in [-0.05, 0) is 19.1 Å². The first-order valence-corrected chi connectivity index (χ1v) is 7.21. The van der Waals surface area contributed by atoms with Crippen molar-refractivity contribution in [3.05, 3.63) is 22.8 Å². The van der Waals surface area contributed by atoms with Crippen molar-refractivity contribution in [2.75, 3.05) is 17.2 Å². The van der Waals surface area contributed by atoms with E-state index in [9.17, 15) is 4.79 Å². The van der Waals surface area contributed by atoms with E-state index in [4.69, 9.17) is 16.7 Å². The number of carboxylic acids is 1. The summed E-state index contributed by atoms with van der Waals surface area (Å²) in [4.78, 5) is 17.3. The molecule has 0 spiro atoms. The Balaban J connectivity index is 2.33. The molecule has 4 nitrogen and oxygen atoms in total. The molecule has 1 aromatic rings. The summed E-state index contributed by atoms with van der Waals surface area (Å²) in [7, 11) is 0. The molecule has 0 aliphatic carbocycles. The van der Waals surface area contributed by atoms with E-state index in [0.717, 1.165) is 12.3 Å². The highest BCUT2D eigenvalue weighted by Crippen LogP contribution is 2.29. The molecule has 1 aliphatic heterocycles. The van der Waals surface area contributed by atoms with E-state index < -0.39 is 5.97 Å². The van der Waals surface area contributed by atoms with Crippen LogP contribution in [0.4, 0.5) is 5.82 Å². The van der Waals surface area contributed by atoms with E-state index in [-0.39, 0.29) is 10.7 Å². The molecular formula is C12H15ClN2O2S. The first-order valence-electron chi connectivity index (χ1n) is 5.79. The zero-order chi connectivity index (χ0) is 13.3. The molecule has 0 saturated carbocycles. The van der Waals surface area contributed by atoms with Gasteiger partial charge in [0.25, 0.3) is 0 Å². The molecule has 18 heavy (non-hydrogen) atoms. The zero-order valence-electron chi connectivity index (χ0n) is 10.3. The van der Waals surface area contributed by atoms with Crippen LogP contribution in [-0.2, 0) is 0 Å². The second-order valence-electron chi connectivity index (χ2n) is 4.31. The largest absolute Gasteiger partial charge is 0.476 e. The zero-order valence-corrected chi connectivity index (χ0v) is 11.8. The fourth-order valence-corrected chi connectivity index (χ4v) is 3.28. The summed E-state index contributed by atoms with van der Waals surface area (Å²) in [6.45, 7) is 5.19. The Bertz CT molecular complexity index is 469. The van der Waals surface area contributed by atoms with Crippen molar-refractivity contribution in [1.82, 2.24) is 4.98 Å². The maximum absolute atomic E-state index is 11.0. The normalized spacial score (nSPS) is 24.1. The molecule has 0 bridgehead atoms. The molecule has 2 atom stereocenters. The second-order valence-corrected chi connectivity index (χ2v) is 6.21. The number of pyridine rings is 1. The van der Waals surface area contributed by atoms with E-state index in [2.05, 4.69) is 23.7 Å². The summed E-state index contributed by atoms with van der Waals surface area (Å²) in [6.07, 6.45) is 0. The number of carbonyl (C=O) groups is 1. The monoisotopic (exact) mass is 286 g/mol. The Morgan fingerprint density at radius 1 is 1.56 bits per heavy atom. The number of rotatable bonds is 2. The Kier molecular flexibility index (Phi) is 4.02. The fourth-order valence-electron chi connectivity index (χ4n) is 2.00. The molecule has 1 aliphatic rings. The molecule has 0 radical (unpaired) electrons. The summed E-state index contributed by atoms with van der Waals surface area (Å²) in [5, 5.41) is 9.72. The highest BCUT2D eigenvalue weighted by Gasteiger charge is 2.27. The van der Waals surface area contributed by atoms with Gasteiger partial charge in [-0.1, -0.05) is 18.5 Å². The summed E-state index contributed by atoms with van der Waals surface area (Å²) in [5.74, 6) is 0.628. The molecule has 0 amide bonds. The third-order valence-electron chi connectivity index (χ3n) is 3.21. The van der Waals surface area contributed by atoms with Gasteiger partial charge in [0.1, 0.15) is 5.82 Å². The van der Waals surface area contributed by atoms with Crippen molar-refractivity contribution in [2.45, 2.75) is 25.1 Å². The molecule has 1 aromatic heterocycles. The minimum atomic E-state index is -1.09. The van der Waals surface area contributed by atoms with Gasteiger partial charge in [0.05, 0.1) is 5.02 Å². The van der Waals surface area contributed by atoms with Crippen molar-refractivity contribution in [3.63, 3.8) is 0 Å². The van der Waals surface area contributed by atoms with Gasteiger partial charge in [0.15, 0.2) is 5.69 Å². The van der Waals surface area contributed by atoms with Crippen LogP contribution in [-0.4, -0.2) is 39.6 Å². The lowest BCUT2D eigenvalue weighted by Gasteiger charge is -2.38. The highest BCUT2D eigenvalue weighted by molar-refractivity contribution is 8.00. The molecule has 2 rings (SSSR count). The molecule has 1 fully saturated rings. The van der Waals surface area contributed by atoms with E-state index in [1.807, 2.05) is 11.8 Å². The second kappa shape index (κ2) is 5.36. The van der Waals surface area contributed by atoms with Gasteiger partial charge in [-0.15, -0.1) is 0 Å². The van der Waals surface area contributed by atoms with Crippen molar-refractivity contribution >= 4 is 35.1 Å². The van der Waals surface area contributed by atoms with Crippen molar-refractivity contribution in [1.29, 1.82) is 0 Å². The predicted molar refractivity (Wildman–Crippen MR) is 74.9 cm³/mol. The number of aromatic carboxylic acids is 1. The maximum Gasteiger partial charge on any atom is 0.356 e. The van der Waals surface area contributed by atoms with Gasteiger partial charge in [-0.2, -0.15) is 11.8 Å². The molecule has 2 heterocycles. The Morgan fingerprint density at radius 3 is 2.94 bits per heavy atom. The number of aromatic nitrogens is 1. The van der Waals surface area contributed by atoms with Gasteiger partial charge in [-0.3, -0.25) is 0 Å². The Morgan fingerprint density at radius 2 is 2.28 bits per heavy atom. The topological polar surface area (TPSA) is 53.4 Å². The lowest BCUT2D eigenvalue weighted by Crippen LogP contribution is -2.45. The molecule has 1 saturated heterocycles. The minimum Gasteiger partial charge on any atom is -0.476 e. The van der Waals surface area contributed by atoms with Crippen LogP contribution in [0.5, 0.6) is 0 Å². The number of thioether (sulfide) groups is 1. The summed E-state index contributed by atoms with van der Waals surface area (Å²) in [5.41, 5.74) is -0.0766. The summed E-state index contributed by atoms with van der Waals surface area (Å²) in [6, 6.07) is 3.72. The third-order valence-corrected chi connectivity index (χ3v) is 4.85. The lowest BCUT2D eigenvalue weighted by atomic mass is 10.2. The number of hydrogen-bond acceptors (Lipinski definition) is 4. The van der Waals surface area contributed by atoms with Gasteiger partial charge in [0, 0.05) is 23.6 Å². The quantitative estimate of drug-likeness (QED) is 0.906. The molecule has 0 aromatic carbocycles. The number of anilines is 1. The molecular weight excluding hydrogens is 272 g/mol. The Hall–Kier alpha value is -0.940. The van der Waals surface area contributed by atoms with E-state index in [0.29, 0.717) is 17.1 Å². The van der Waals surface area contributed by atoms with Gasteiger partial charge in [0.2, 0.25) is 0 Å². The maximum atomic E-state index is 11.0. The van der Waals surface area contributed by atoms with Gasteiger partial charge in [-0.25, -0.2) is 9.78 Å². The van der Waals surface area contributed by atoms with Crippen LogP contribution in [0.1, 0.15) is 24.3 Å². The van der Waals surface area contributed by atoms with Crippen molar-refractivity contribution < 1.29 is 9.90 Å². The van der Waals surface area contributed by atoms with E-state index >= 15 is 0 Å². The SMILES string of the molecule is CC1SCCN(c2ccc(Cl)c(C(=O)O)n2)C1C. The Labute approximate surface area is 115 Å². The van der Waals surface area contributed by atoms with Crippen LogP contribution in [0.25, 0.3) is 0 Å². The standard InChI is InChI=1S/C12H15ClN2O2S/c1-7-8(2)18-6-5-15(7)10-4-3-9(13)11(14-10)12(16)17/h3-4,7-8H,5-6H2,1-2H3,(H,16,17). The van der Waals surface area contributed by atoms with Crippen LogP contribution in [0.15, 0.2) is 12.1 Å². The lowest BCUT2D eigenvalue weighted by molar-refractivity contribution is 0.0691. The highest BCUT2D eigenvalue weighted by atomic mass is 35.5. The molecule has 98 valence electrons. The third kappa shape index (κ3) is 2.57. The number of nitrogens with zero attached hydrogens (tertiary/aromatic N) is 2. The molecule has 6 heteroatoms. The van der Waals surface area contributed by atoms with E-state index in [1.165, 1.54) is 0 Å². The van der Waals surface area contributed by atoms with Crippen LogP contribution in [0.3, 0.4) is 0 Å². The van der Waals surface area contributed by atoms with E-state index in [1.54, 1.807) is 12.1 Å². The summed E-state index contributed by atoms with van der Waals surface area (Å²) < 4.78 is 0. The van der Waals surface area contributed by atoms with Crippen LogP contribution in [0, 0.1) is 0 Å². The number of halogens is 1. The number of hydrogen-bond donors (Lipinski definition) is 1. The summed E-state index contributed by atoms with van der Waals surface area (Å²) >= 11 is 7.76. The van der Waals surface area contributed by atoms with Crippen LogP contribution < -0.4 is 4.90 Å². The van der Waals surface area contributed by atoms with Crippen LogP contribution in [0.2, 0.25) is 5.02 Å².